The summed E-state index contributed by atoms with van der Waals surface area (Å²) in [6, 6.07) is 3.99. The van der Waals surface area contributed by atoms with Crippen LogP contribution in [0.2, 0.25) is 5.02 Å². The first-order valence-electron chi connectivity index (χ1n) is 7.34. The molecule has 0 atom stereocenters. The van der Waals surface area contributed by atoms with Crippen LogP contribution in [0.5, 0.6) is 5.75 Å². The van der Waals surface area contributed by atoms with Gasteiger partial charge in [0.15, 0.2) is 0 Å². The zero-order valence-electron chi connectivity index (χ0n) is 13.6. The van der Waals surface area contributed by atoms with Crippen molar-refractivity contribution >= 4 is 22.5 Å². The van der Waals surface area contributed by atoms with Crippen molar-refractivity contribution in [3.8, 4) is 5.75 Å². The van der Waals surface area contributed by atoms with Crippen LogP contribution in [0.4, 0.5) is 0 Å². The number of fused-ring (bicyclic) bond motifs is 1. The summed E-state index contributed by atoms with van der Waals surface area (Å²) in [6.45, 7) is 8.10. The lowest BCUT2D eigenvalue weighted by Crippen LogP contribution is -2.17. The van der Waals surface area contributed by atoms with Gasteiger partial charge in [0.05, 0.1) is 11.6 Å². The highest BCUT2D eigenvalue weighted by atomic mass is 35.5. The molecule has 1 heterocycles. The molecule has 2 rings (SSSR count). The highest BCUT2D eigenvalue weighted by molar-refractivity contribution is 6.37. The predicted molar refractivity (Wildman–Crippen MR) is 90.5 cm³/mol. The van der Waals surface area contributed by atoms with Gasteiger partial charge in [-0.05, 0) is 43.6 Å². The van der Waals surface area contributed by atoms with Crippen molar-refractivity contribution in [1.29, 1.82) is 0 Å². The van der Waals surface area contributed by atoms with Crippen LogP contribution in [-0.4, -0.2) is 37.1 Å². The van der Waals surface area contributed by atoms with E-state index in [1.165, 1.54) is 5.56 Å². The summed E-state index contributed by atoms with van der Waals surface area (Å²) in [5, 5.41) is 1.80. The molecule has 4 heteroatoms. The van der Waals surface area contributed by atoms with Crippen LogP contribution in [0, 0.1) is 5.41 Å². The zero-order valence-corrected chi connectivity index (χ0v) is 14.3. The van der Waals surface area contributed by atoms with Gasteiger partial charge in [-0.2, -0.15) is 0 Å². The average Bonchev–Trinajstić information content (AvgIpc) is 2.78. The molecule has 0 spiro atoms. The quantitative estimate of drug-likeness (QED) is 0.889. The van der Waals surface area contributed by atoms with E-state index >= 15 is 0 Å². The van der Waals surface area contributed by atoms with Crippen molar-refractivity contribution in [3.05, 3.63) is 28.9 Å². The van der Waals surface area contributed by atoms with Gasteiger partial charge in [0.2, 0.25) is 0 Å². The minimum absolute atomic E-state index is 0.115. The summed E-state index contributed by atoms with van der Waals surface area (Å²) >= 11 is 6.57. The molecule has 0 aliphatic carbocycles. The Morgan fingerprint density at radius 3 is 2.57 bits per heavy atom. The number of hydrogen-bond donors (Lipinski definition) is 1. The Bertz CT molecular complexity index is 611. The zero-order chi connectivity index (χ0) is 15.6. The summed E-state index contributed by atoms with van der Waals surface area (Å²) in [4.78, 5) is 5.47. The Hall–Kier alpha value is -1.19. The lowest BCUT2D eigenvalue weighted by atomic mass is 9.99. The number of rotatable bonds is 5. The van der Waals surface area contributed by atoms with Crippen LogP contribution >= 0.6 is 11.6 Å². The number of hydrogen-bond acceptors (Lipinski definition) is 2. The summed E-state index contributed by atoms with van der Waals surface area (Å²) in [6.07, 6.45) is 3.02. The first-order chi connectivity index (χ1) is 9.78. The lowest BCUT2D eigenvalue weighted by molar-refractivity contribution is 0.198. The highest BCUT2D eigenvalue weighted by Crippen LogP contribution is 2.35. The molecule has 0 aliphatic rings. The number of halogens is 1. The molecule has 116 valence electrons. The molecule has 3 nitrogen and oxygen atoms in total. The molecule has 0 aliphatic heterocycles. The molecule has 0 fully saturated rings. The smallest absolute Gasteiger partial charge is 0.138 e. The summed E-state index contributed by atoms with van der Waals surface area (Å²) < 4.78 is 5.90. The van der Waals surface area contributed by atoms with E-state index < -0.39 is 0 Å². The van der Waals surface area contributed by atoms with Crippen LogP contribution in [0.3, 0.4) is 0 Å². The van der Waals surface area contributed by atoms with Crippen molar-refractivity contribution in [1.82, 2.24) is 9.88 Å². The number of aromatic nitrogens is 1. The minimum Gasteiger partial charge on any atom is -0.491 e. The van der Waals surface area contributed by atoms with Gasteiger partial charge in [-0.25, -0.2) is 0 Å². The first kappa shape index (κ1) is 16.2. The molecule has 1 N–H and O–H groups in total. The molecule has 1 aromatic carbocycles. The fourth-order valence-corrected chi connectivity index (χ4v) is 2.52. The molecule has 0 amide bonds. The predicted octanol–water partition coefficient (Wildman–Crippen LogP) is 4.35. The maximum absolute atomic E-state index is 6.57. The minimum atomic E-state index is 0.115. The van der Waals surface area contributed by atoms with Crippen molar-refractivity contribution in [2.75, 3.05) is 27.2 Å². The third-order valence-corrected chi connectivity index (χ3v) is 3.69. The molecule has 0 saturated carbocycles. The number of H-pyrrole nitrogens is 1. The standard InChI is InChI=1S/C17H25ClN2O/c1-17(2,3)11-21-14-7-6-13-15(16(14)18)12(10-19-13)8-9-20(4)5/h6-7,10,19H,8-9,11H2,1-5H3. The lowest BCUT2D eigenvalue weighted by Gasteiger charge is -2.19. The summed E-state index contributed by atoms with van der Waals surface area (Å²) in [5.74, 6) is 0.768. The van der Waals surface area contributed by atoms with Gasteiger partial charge in [-0.3, -0.25) is 0 Å². The van der Waals surface area contributed by atoms with Crippen LogP contribution in [0.15, 0.2) is 18.3 Å². The number of benzene rings is 1. The van der Waals surface area contributed by atoms with E-state index in [2.05, 4.69) is 44.8 Å². The van der Waals surface area contributed by atoms with Crippen molar-refractivity contribution in [2.24, 2.45) is 5.41 Å². The van der Waals surface area contributed by atoms with Gasteiger partial charge in [-0.1, -0.05) is 32.4 Å². The highest BCUT2D eigenvalue weighted by Gasteiger charge is 2.16. The van der Waals surface area contributed by atoms with Crippen molar-refractivity contribution in [2.45, 2.75) is 27.2 Å². The number of aromatic amines is 1. The van der Waals surface area contributed by atoms with E-state index in [-0.39, 0.29) is 5.41 Å². The second-order valence-corrected chi connectivity index (χ2v) is 7.39. The molecule has 2 aromatic rings. The molecular formula is C17H25ClN2O. The van der Waals surface area contributed by atoms with Crippen LogP contribution in [0.25, 0.3) is 10.9 Å². The number of nitrogens with zero attached hydrogens (tertiary/aromatic N) is 1. The van der Waals surface area contributed by atoms with Crippen molar-refractivity contribution in [3.63, 3.8) is 0 Å². The molecule has 0 bridgehead atoms. The first-order valence-corrected chi connectivity index (χ1v) is 7.72. The van der Waals surface area contributed by atoms with Gasteiger partial charge in [0.1, 0.15) is 5.75 Å². The maximum Gasteiger partial charge on any atom is 0.138 e. The van der Waals surface area contributed by atoms with E-state index in [1.54, 1.807) is 0 Å². The third kappa shape index (κ3) is 4.14. The summed E-state index contributed by atoms with van der Waals surface area (Å²) in [7, 11) is 4.16. The molecule has 0 radical (unpaired) electrons. The Morgan fingerprint density at radius 2 is 1.95 bits per heavy atom. The topological polar surface area (TPSA) is 28.3 Å². The fraction of sp³-hybridized carbons (Fsp3) is 0.529. The number of nitrogens with one attached hydrogen (secondary N) is 1. The fourth-order valence-electron chi connectivity index (χ4n) is 2.18. The molecule has 0 unspecified atom stereocenters. The van der Waals surface area contributed by atoms with Gasteiger partial charge < -0.3 is 14.6 Å². The van der Waals surface area contributed by atoms with Gasteiger partial charge in [-0.15, -0.1) is 0 Å². The largest absolute Gasteiger partial charge is 0.491 e. The second kappa shape index (κ2) is 6.29. The van der Waals surface area contributed by atoms with Crippen LogP contribution < -0.4 is 4.74 Å². The Kier molecular flexibility index (Phi) is 4.84. The van der Waals surface area contributed by atoms with E-state index in [9.17, 15) is 0 Å². The number of likely N-dealkylation sites (N-methyl/N-ethyl adjacent to an activating group) is 1. The Balaban J connectivity index is 2.29. The van der Waals surface area contributed by atoms with Gasteiger partial charge in [0, 0.05) is 23.6 Å². The van der Waals surface area contributed by atoms with E-state index in [1.807, 2.05) is 18.3 Å². The van der Waals surface area contributed by atoms with E-state index in [4.69, 9.17) is 16.3 Å². The van der Waals surface area contributed by atoms with Crippen LogP contribution in [0.1, 0.15) is 26.3 Å². The molecule has 0 saturated heterocycles. The third-order valence-electron chi connectivity index (χ3n) is 3.32. The normalized spacial score (nSPS) is 12.3. The molecule has 21 heavy (non-hydrogen) atoms. The Morgan fingerprint density at radius 1 is 1.24 bits per heavy atom. The Labute approximate surface area is 132 Å². The second-order valence-electron chi connectivity index (χ2n) is 7.02. The van der Waals surface area contributed by atoms with Gasteiger partial charge >= 0.3 is 0 Å². The van der Waals surface area contributed by atoms with Crippen molar-refractivity contribution < 1.29 is 4.74 Å². The van der Waals surface area contributed by atoms with Crippen LogP contribution in [-0.2, 0) is 6.42 Å². The molecule has 1 aromatic heterocycles. The SMILES string of the molecule is CN(C)CCc1c[nH]c2ccc(OCC(C)(C)C)c(Cl)c12. The molecular weight excluding hydrogens is 284 g/mol. The summed E-state index contributed by atoms with van der Waals surface area (Å²) in [5.41, 5.74) is 2.42. The average molecular weight is 309 g/mol. The van der Waals surface area contributed by atoms with Gasteiger partial charge in [0.25, 0.3) is 0 Å². The van der Waals surface area contributed by atoms with E-state index in [0.717, 1.165) is 29.6 Å². The maximum atomic E-state index is 6.57. The monoisotopic (exact) mass is 308 g/mol. The van der Waals surface area contributed by atoms with E-state index in [0.29, 0.717) is 11.6 Å². The number of ether oxygens (including phenoxy) is 1.